The van der Waals surface area contributed by atoms with Crippen LogP contribution in [-0.4, -0.2) is 12.1 Å². The minimum Gasteiger partial charge on any atom is -0.497 e. The first-order chi connectivity index (χ1) is 8.29. The summed E-state index contributed by atoms with van der Waals surface area (Å²) in [6.45, 7) is 2.85. The van der Waals surface area contributed by atoms with Crippen LogP contribution >= 0.6 is 0 Å². The van der Waals surface area contributed by atoms with E-state index < -0.39 is 0 Å². The topological polar surface area (TPSA) is 34.1 Å². The molecule has 0 saturated carbocycles. The average molecular weight is 228 g/mol. The molecule has 3 heteroatoms. The summed E-state index contributed by atoms with van der Waals surface area (Å²) in [5, 5.41) is 3.39. The van der Waals surface area contributed by atoms with Crippen LogP contribution in [0.4, 0.5) is 5.69 Å². The van der Waals surface area contributed by atoms with Gasteiger partial charge in [0.05, 0.1) is 7.11 Å². The van der Waals surface area contributed by atoms with Gasteiger partial charge in [-0.05, 0) is 36.2 Å². The molecule has 0 aliphatic heterocycles. The maximum atomic E-state index is 5.12. The highest BCUT2D eigenvalue weighted by Crippen LogP contribution is 2.15. The van der Waals surface area contributed by atoms with E-state index in [0.717, 1.165) is 23.5 Å². The molecule has 1 N–H and O–H groups in total. The SMILES string of the molecule is COc1ccc(CNc2ccncc2C)cc1. The lowest BCUT2D eigenvalue weighted by Crippen LogP contribution is -2.01. The van der Waals surface area contributed by atoms with Crippen LogP contribution in [-0.2, 0) is 6.54 Å². The Kier molecular flexibility index (Phi) is 3.60. The van der Waals surface area contributed by atoms with Crippen LogP contribution < -0.4 is 10.1 Å². The molecule has 0 fully saturated rings. The lowest BCUT2D eigenvalue weighted by molar-refractivity contribution is 0.414. The molecule has 0 aliphatic rings. The number of nitrogens with one attached hydrogen (secondary N) is 1. The van der Waals surface area contributed by atoms with E-state index in [-0.39, 0.29) is 0 Å². The number of benzene rings is 1. The van der Waals surface area contributed by atoms with E-state index in [0.29, 0.717) is 0 Å². The Hall–Kier alpha value is -2.03. The molecule has 0 amide bonds. The monoisotopic (exact) mass is 228 g/mol. The molecular formula is C14H16N2O. The van der Waals surface area contributed by atoms with Crippen molar-refractivity contribution in [2.24, 2.45) is 0 Å². The van der Waals surface area contributed by atoms with Gasteiger partial charge in [0, 0.05) is 24.6 Å². The van der Waals surface area contributed by atoms with Crippen molar-refractivity contribution in [2.75, 3.05) is 12.4 Å². The van der Waals surface area contributed by atoms with Gasteiger partial charge in [0.25, 0.3) is 0 Å². The molecule has 1 heterocycles. The van der Waals surface area contributed by atoms with Crippen LogP contribution in [0.15, 0.2) is 42.7 Å². The first-order valence-corrected chi connectivity index (χ1v) is 5.57. The number of rotatable bonds is 4. The van der Waals surface area contributed by atoms with E-state index in [1.54, 1.807) is 13.3 Å². The fourth-order valence-corrected chi connectivity index (χ4v) is 1.61. The number of anilines is 1. The van der Waals surface area contributed by atoms with Crippen molar-refractivity contribution in [1.82, 2.24) is 4.98 Å². The minimum absolute atomic E-state index is 0.800. The second-order valence-corrected chi connectivity index (χ2v) is 3.89. The number of hydrogen-bond donors (Lipinski definition) is 1. The molecule has 0 unspecified atom stereocenters. The van der Waals surface area contributed by atoms with Gasteiger partial charge in [-0.1, -0.05) is 12.1 Å². The molecule has 88 valence electrons. The highest BCUT2D eigenvalue weighted by molar-refractivity contribution is 5.49. The molecule has 1 aromatic heterocycles. The third kappa shape index (κ3) is 2.97. The quantitative estimate of drug-likeness (QED) is 0.873. The van der Waals surface area contributed by atoms with Gasteiger partial charge in [-0.25, -0.2) is 0 Å². The largest absolute Gasteiger partial charge is 0.497 e. The third-order valence-corrected chi connectivity index (χ3v) is 2.66. The zero-order chi connectivity index (χ0) is 12.1. The van der Waals surface area contributed by atoms with Crippen molar-refractivity contribution in [1.29, 1.82) is 0 Å². The predicted molar refractivity (Wildman–Crippen MR) is 69.3 cm³/mol. The third-order valence-electron chi connectivity index (χ3n) is 2.66. The Morgan fingerprint density at radius 2 is 1.94 bits per heavy atom. The summed E-state index contributed by atoms with van der Waals surface area (Å²) >= 11 is 0. The number of pyridine rings is 1. The van der Waals surface area contributed by atoms with E-state index in [4.69, 9.17) is 4.74 Å². The number of methoxy groups -OCH3 is 1. The van der Waals surface area contributed by atoms with Gasteiger partial charge >= 0.3 is 0 Å². The van der Waals surface area contributed by atoms with E-state index in [9.17, 15) is 0 Å². The van der Waals surface area contributed by atoms with Crippen LogP contribution in [0.25, 0.3) is 0 Å². The molecule has 1 aromatic carbocycles. The highest BCUT2D eigenvalue weighted by atomic mass is 16.5. The lowest BCUT2D eigenvalue weighted by atomic mass is 10.2. The molecule has 0 saturated heterocycles. The van der Waals surface area contributed by atoms with Crippen molar-refractivity contribution in [2.45, 2.75) is 13.5 Å². The number of nitrogens with zero attached hydrogens (tertiary/aromatic N) is 1. The molecule has 0 atom stereocenters. The van der Waals surface area contributed by atoms with Crippen LogP contribution in [0.2, 0.25) is 0 Å². The summed E-state index contributed by atoms with van der Waals surface area (Å²) in [6.07, 6.45) is 3.65. The standard InChI is InChI=1S/C14H16N2O/c1-11-9-15-8-7-14(11)16-10-12-3-5-13(17-2)6-4-12/h3-9H,10H2,1-2H3,(H,15,16). The van der Waals surface area contributed by atoms with E-state index in [2.05, 4.69) is 22.4 Å². The number of ether oxygens (including phenoxy) is 1. The Bertz CT molecular complexity index is 480. The summed E-state index contributed by atoms with van der Waals surface area (Å²) in [5.74, 6) is 0.883. The summed E-state index contributed by atoms with van der Waals surface area (Å²) in [4.78, 5) is 4.07. The number of hydrogen-bond acceptors (Lipinski definition) is 3. The summed E-state index contributed by atoms with van der Waals surface area (Å²) in [7, 11) is 1.67. The fraction of sp³-hybridized carbons (Fsp3) is 0.214. The van der Waals surface area contributed by atoms with Gasteiger partial charge < -0.3 is 10.1 Å². The highest BCUT2D eigenvalue weighted by Gasteiger charge is 1.98. The second-order valence-electron chi connectivity index (χ2n) is 3.89. The molecule has 2 rings (SSSR count). The van der Waals surface area contributed by atoms with Gasteiger partial charge in [0.2, 0.25) is 0 Å². The van der Waals surface area contributed by atoms with Crippen molar-refractivity contribution < 1.29 is 4.74 Å². The van der Waals surface area contributed by atoms with Crippen LogP contribution in [0, 0.1) is 6.92 Å². The van der Waals surface area contributed by atoms with E-state index in [1.165, 1.54) is 5.56 Å². The Labute approximate surface area is 101 Å². The van der Waals surface area contributed by atoms with Crippen LogP contribution in [0.3, 0.4) is 0 Å². The van der Waals surface area contributed by atoms with E-state index >= 15 is 0 Å². The number of aryl methyl sites for hydroxylation is 1. The Balaban J connectivity index is 2.00. The van der Waals surface area contributed by atoms with Gasteiger partial charge in [0.15, 0.2) is 0 Å². The second kappa shape index (κ2) is 5.34. The van der Waals surface area contributed by atoms with Crippen LogP contribution in [0.1, 0.15) is 11.1 Å². The molecule has 3 nitrogen and oxygen atoms in total. The van der Waals surface area contributed by atoms with Gasteiger partial charge in [0.1, 0.15) is 5.75 Å². The molecule has 0 aliphatic carbocycles. The summed E-state index contributed by atoms with van der Waals surface area (Å²) in [6, 6.07) is 10.0. The van der Waals surface area contributed by atoms with Crippen molar-refractivity contribution in [3.05, 3.63) is 53.9 Å². The summed E-state index contributed by atoms with van der Waals surface area (Å²) in [5.41, 5.74) is 3.50. The minimum atomic E-state index is 0.800. The predicted octanol–water partition coefficient (Wildman–Crippen LogP) is 3.01. The Morgan fingerprint density at radius 3 is 2.59 bits per heavy atom. The van der Waals surface area contributed by atoms with Crippen molar-refractivity contribution in [3.63, 3.8) is 0 Å². The molecule has 0 spiro atoms. The molecule has 2 aromatic rings. The molecule has 0 bridgehead atoms. The molecule has 0 radical (unpaired) electrons. The zero-order valence-electron chi connectivity index (χ0n) is 10.1. The lowest BCUT2D eigenvalue weighted by Gasteiger charge is -2.09. The molecule has 17 heavy (non-hydrogen) atoms. The maximum Gasteiger partial charge on any atom is 0.118 e. The van der Waals surface area contributed by atoms with Gasteiger partial charge in [-0.3, -0.25) is 4.98 Å². The average Bonchev–Trinajstić information content (AvgIpc) is 2.38. The zero-order valence-corrected chi connectivity index (χ0v) is 10.1. The maximum absolute atomic E-state index is 5.12. The van der Waals surface area contributed by atoms with Gasteiger partial charge in [-0.2, -0.15) is 0 Å². The Morgan fingerprint density at radius 1 is 1.18 bits per heavy atom. The summed E-state index contributed by atoms with van der Waals surface area (Å²) < 4.78 is 5.12. The van der Waals surface area contributed by atoms with Crippen molar-refractivity contribution in [3.8, 4) is 5.75 Å². The van der Waals surface area contributed by atoms with Crippen molar-refractivity contribution >= 4 is 5.69 Å². The molecular weight excluding hydrogens is 212 g/mol. The normalized spacial score (nSPS) is 10.0. The van der Waals surface area contributed by atoms with Crippen LogP contribution in [0.5, 0.6) is 5.75 Å². The number of aromatic nitrogens is 1. The van der Waals surface area contributed by atoms with Gasteiger partial charge in [-0.15, -0.1) is 0 Å². The first kappa shape index (κ1) is 11.5. The first-order valence-electron chi connectivity index (χ1n) is 5.57. The smallest absolute Gasteiger partial charge is 0.118 e. The fourth-order valence-electron chi connectivity index (χ4n) is 1.61. The van der Waals surface area contributed by atoms with E-state index in [1.807, 2.05) is 31.3 Å².